The molecular formula is C22H24N4O. The SMILES string of the molecule is CCc1cccc(C)c1NC(=O)c1ccnc(NC(C)c2ccccc2)n1. The lowest BCUT2D eigenvalue weighted by Crippen LogP contribution is -2.17. The average Bonchev–Trinajstić information content (AvgIpc) is 2.70. The van der Waals surface area contributed by atoms with E-state index in [9.17, 15) is 4.79 Å². The molecule has 1 atom stereocenters. The highest BCUT2D eigenvalue weighted by molar-refractivity contribution is 6.03. The first-order chi connectivity index (χ1) is 13.1. The number of aromatic nitrogens is 2. The number of hydrogen-bond acceptors (Lipinski definition) is 4. The molecular weight excluding hydrogens is 336 g/mol. The van der Waals surface area contributed by atoms with E-state index in [4.69, 9.17) is 0 Å². The van der Waals surface area contributed by atoms with Gasteiger partial charge in [0.15, 0.2) is 0 Å². The molecule has 5 heteroatoms. The summed E-state index contributed by atoms with van der Waals surface area (Å²) in [6, 6.07) is 17.7. The summed E-state index contributed by atoms with van der Waals surface area (Å²) in [5.74, 6) is 0.191. The van der Waals surface area contributed by atoms with Gasteiger partial charge < -0.3 is 10.6 Å². The zero-order valence-electron chi connectivity index (χ0n) is 15.9. The van der Waals surface area contributed by atoms with Gasteiger partial charge in [0.05, 0.1) is 6.04 Å². The van der Waals surface area contributed by atoms with Crippen LogP contribution in [-0.2, 0) is 6.42 Å². The van der Waals surface area contributed by atoms with Gasteiger partial charge in [-0.1, -0.05) is 55.5 Å². The fourth-order valence-corrected chi connectivity index (χ4v) is 2.95. The molecule has 5 nitrogen and oxygen atoms in total. The summed E-state index contributed by atoms with van der Waals surface area (Å²) in [6.07, 6.45) is 2.45. The first-order valence-electron chi connectivity index (χ1n) is 9.13. The Morgan fingerprint density at radius 3 is 2.59 bits per heavy atom. The van der Waals surface area contributed by atoms with Crippen molar-refractivity contribution in [2.45, 2.75) is 33.2 Å². The van der Waals surface area contributed by atoms with E-state index in [2.05, 4.69) is 27.5 Å². The molecule has 2 N–H and O–H groups in total. The molecule has 27 heavy (non-hydrogen) atoms. The molecule has 1 heterocycles. The van der Waals surface area contributed by atoms with E-state index in [0.717, 1.165) is 28.8 Å². The zero-order valence-corrected chi connectivity index (χ0v) is 15.9. The maximum absolute atomic E-state index is 12.7. The van der Waals surface area contributed by atoms with Crippen LogP contribution in [0.3, 0.4) is 0 Å². The van der Waals surface area contributed by atoms with E-state index in [1.165, 1.54) is 0 Å². The van der Waals surface area contributed by atoms with Gasteiger partial charge in [-0.05, 0) is 43.0 Å². The summed E-state index contributed by atoms with van der Waals surface area (Å²) in [7, 11) is 0. The molecule has 2 aromatic carbocycles. The minimum absolute atomic E-state index is 0.0348. The van der Waals surface area contributed by atoms with Crippen LogP contribution in [0.5, 0.6) is 0 Å². The Kier molecular flexibility index (Phi) is 5.81. The molecule has 1 unspecified atom stereocenters. The van der Waals surface area contributed by atoms with Crippen LogP contribution in [0.1, 0.15) is 47.1 Å². The summed E-state index contributed by atoms with van der Waals surface area (Å²) >= 11 is 0. The van der Waals surface area contributed by atoms with Crippen molar-refractivity contribution in [1.29, 1.82) is 0 Å². The molecule has 0 bridgehead atoms. The molecule has 0 radical (unpaired) electrons. The maximum atomic E-state index is 12.7. The number of rotatable bonds is 6. The van der Waals surface area contributed by atoms with Crippen molar-refractivity contribution >= 4 is 17.5 Å². The summed E-state index contributed by atoms with van der Waals surface area (Å²) < 4.78 is 0. The molecule has 1 aromatic heterocycles. The van der Waals surface area contributed by atoms with Gasteiger partial charge in [-0.2, -0.15) is 0 Å². The average molecular weight is 360 g/mol. The fourth-order valence-electron chi connectivity index (χ4n) is 2.95. The number of para-hydroxylation sites is 1. The third-order valence-corrected chi connectivity index (χ3v) is 4.51. The van der Waals surface area contributed by atoms with Gasteiger partial charge in [0, 0.05) is 11.9 Å². The van der Waals surface area contributed by atoms with E-state index in [1.54, 1.807) is 12.3 Å². The van der Waals surface area contributed by atoms with Gasteiger partial charge >= 0.3 is 0 Å². The maximum Gasteiger partial charge on any atom is 0.274 e. The van der Waals surface area contributed by atoms with Gasteiger partial charge in [0.25, 0.3) is 5.91 Å². The number of aryl methyl sites for hydroxylation is 2. The minimum atomic E-state index is -0.239. The van der Waals surface area contributed by atoms with Gasteiger partial charge in [-0.3, -0.25) is 4.79 Å². The summed E-state index contributed by atoms with van der Waals surface area (Å²) in [5.41, 5.74) is 4.46. The highest BCUT2D eigenvalue weighted by atomic mass is 16.1. The van der Waals surface area contributed by atoms with Crippen molar-refractivity contribution in [3.63, 3.8) is 0 Å². The number of anilines is 2. The Bertz CT molecular complexity index is 925. The van der Waals surface area contributed by atoms with Crippen LogP contribution < -0.4 is 10.6 Å². The van der Waals surface area contributed by atoms with E-state index in [-0.39, 0.29) is 11.9 Å². The predicted molar refractivity (Wildman–Crippen MR) is 109 cm³/mol. The Labute approximate surface area is 159 Å². The van der Waals surface area contributed by atoms with Gasteiger partial charge in [0.2, 0.25) is 5.95 Å². The molecule has 0 aliphatic rings. The Morgan fingerprint density at radius 2 is 1.85 bits per heavy atom. The molecule has 0 saturated carbocycles. The predicted octanol–water partition coefficient (Wildman–Crippen LogP) is 4.77. The lowest BCUT2D eigenvalue weighted by Gasteiger charge is -2.15. The third kappa shape index (κ3) is 4.50. The molecule has 0 saturated heterocycles. The minimum Gasteiger partial charge on any atom is -0.348 e. The number of hydrogen-bond donors (Lipinski definition) is 2. The quantitative estimate of drug-likeness (QED) is 0.664. The third-order valence-electron chi connectivity index (χ3n) is 4.51. The molecule has 3 aromatic rings. The van der Waals surface area contributed by atoms with Crippen LogP contribution in [0.4, 0.5) is 11.6 Å². The number of benzene rings is 2. The fraction of sp³-hybridized carbons (Fsp3) is 0.227. The standard InChI is InChI=1S/C22H24N4O/c1-4-17-12-8-9-15(2)20(17)26-21(27)19-13-14-23-22(25-19)24-16(3)18-10-6-5-7-11-18/h5-14,16H,4H2,1-3H3,(H,26,27)(H,23,24,25). The number of carbonyl (C=O) groups is 1. The largest absolute Gasteiger partial charge is 0.348 e. The van der Waals surface area contributed by atoms with E-state index < -0.39 is 0 Å². The van der Waals surface area contributed by atoms with Crippen molar-refractivity contribution in [3.05, 3.63) is 83.2 Å². The van der Waals surface area contributed by atoms with Crippen molar-refractivity contribution < 1.29 is 4.79 Å². The zero-order chi connectivity index (χ0) is 19.2. The van der Waals surface area contributed by atoms with Crippen molar-refractivity contribution in [3.8, 4) is 0 Å². The molecule has 0 fully saturated rings. The van der Waals surface area contributed by atoms with Crippen molar-refractivity contribution in [2.75, 3.05) is 10.6 Å². The normalized spacial score (nSPS) is 11.7. The van der Waals surface area contributed by atoms with Crippen molar-refractivity contribution in [1.82, 2.24) is 9.97 Å². The number of carbonyl (C=O) groups excluding carboxylic acids is 1. The first-order valence-corrected chi connectivity index (χ1v) is 9.13. The second-order valence-corrected chi connectivity index (χ2v) is 6.46. The van der Waals surface area contributed by atoms with E-state index >= 15 is 0 Å². The molecule has 1 amide bonds. The topological polar surface area (TPSA) is 66.9 Å². The summed E-state index contributed by atoms with van der Waals surface area (Å²) in [5, 5.41) is 6.25. The molecule has 0 aliphatic heterocycles. The van der Waals surface area contributed by atoms with Gasteiger partial charge in [-0.25, -0.2) is 9.97 Å². The first kappa shape index (κ1) is 18.6. The van der Waals surface area contributed by atoms with Crippen molar-refractivity contribution in [2.24, 2.45) is 0 Å². The van der Waals surface area contributed by atoms with Gasteiger partial charge in [-0.15, -0.1) is 0 Å². The van der Waals surface area contributed by atoms with Gasteiger partial charge in [0.1, 0.15) is 5.69 Å². The van der Waals surface area contributed by atoms with E-state index in [1.807, 2.05) is 62.4 Å². The second kappa shape index (κ2) is 8.45. The second-order valence-electron chi connectivity index (χ2n) is 6.46. The Morgan fingerprint density at radius 1 is 1.07 bits per heavy atom. The Hall–Kier alpha value is -3.21. The molecule has 138 valence electrons. The van der Waals surface area contributed by atoms with Crippen LogP contribution in [0, 0.1) is 6.92 Å². The lowest BCUT2D eigenvalue weighted by molar-refractivity contribution is 0.102. The van der Waals surface area contributed by atoms with Crippen LogP contribution >= 0.6 is 0 Å². The highest BCUT2D eigenvalue weighted by Gasteiger charge is 2.14. The van der Waals surface area contributed by atoms with Crippen LogP contribution in [0.25, 0.3) is 0 Å². The molecule has 3 rings (SSSR count). The Balaban J connectivity index is 1.76. The van der Waals surface area contributed by atoms with Crippen LogP contribution in [0.15, 0.2) is 60.8 Å². The molecule has 0 spiro atoms. The monoisotopic (exact) mass is 360 g/mol. The summed E-state index contributed by atoms with van der Waals surface area (Å²) in [6.45, 7) is 6.09. The summed E-state index contributed by atoms with van der Waals surface area (Å²) in [4.78, 5) is 21.3. The van der Waals surface area contributed by atoms with E-state index in [0.29, 0.717) is 11.6 Å². The molecule has 0 aliphatic carbocycles. The smallest absolute Gasteiger partial charge is 0.274 e. The number of amides is 1. The number of nitrogens with one attached hydrogen (secondary N) is 2. The van der Waals surface area contributed by atoms with Crippen LogP contribution in [0.2, 0.25) is 0 Å². The number of nitrogens with zero attached hydrogens (tertiary/aromatic N) is 2. The lowest BCUT2D eigenvalue weighted by atomic mass is 10.1. The van der Waals surface area contributed by atoms with Crippen LogP contribution in [-0.4, -0.2) is 15.9 Å². The highest BCUT2D eigenvalue weighted by Crippen LogP contribution is 2.22.